The molecule has 15 nitrogen and oxygen atoms in total. The minimum atomic E-state index is -1.42. The van der Waals surface area contributed by atoms with Crippen molar-refractivity contribution in [3.63, 3.8) is 0 Å². The number of nitrogens with one attached hydrogen (secondary N) is 3. The number of β-lactam (4-membered cyclic amide) rings is 1. The second-order valence-electron chi connectivity index (χ2n) is 10.6. The number of carbonyl (C=O) groups excluding carboxylic acids is 4. The normalized spacial score (nSPS) is 17.4. The maximum absolute atomic E-state index is 13.7. The van der Waals surface area contributed by atoms with Crippen LogP contribution >= 0.6 is 11.8 Å². The molecular weight excluding hydrogens is 648 g/mol. The summed E-state index contributed by atoms with van der Waals surface area (Å²) in [6, 6.07) is 10.6. The molecule has 2 aliphatic heterocycles. The Morgan fingerprint density at radius 2 is 1.73 bits per heavy atom. The van der Waals surface area contributed by atoms with Gasteiger partial charge in [-0.25, -0.2) is 4.79 Å². The number of methoxy groups -OCH3 is 2. The zero-order chi connectivity index (χ0) is 34.7. The number of aliphatic carboxylic acids is 1. The lowest BCUT2D eigenvalue weighted by Crippen LogP contribution is -2.71. The summed E-state index contributed by atoms with van der Waals surface area (Å²) in [5.41, 5.74) is 0.0492. The average molecular weight is 679 g/mol. The van der Waals surface area contributed by atoms with Gasteiger partial charge in [-0.15, -0.1) is 11.8 Å². The predicted octanol–water partition coefficient (Wildman–Crippen LogP) is 1.54. The van der Waals surface area contributed by atoms with E-state index in [1.54, 1.807) is 18.2 Å². The number of H-pyrrole nitrogens is 1. The molecule has 0 radical (unpaired) electrons. The summed E-state index contributed by atoms with van der Waals surface area (Å²) in [7, 11) is 2.96. The van der Waals surface area contributed by atoms with Crippen LogP contribution in [-0.4, -0.2) is 87.8 Å². The number of phenols is 1. The van der Waals surface area contributed by atoms with Gasteiger partial charge in [-0.05, 0) is 48.0 Å². The Hall–Kier alpha value is -5.77. The van der Waals surface area contributed by atoms with Crippen LogP contribution < -0.4 is 25.7 Å². The number of phenolic OH excluding ortho intramolecular Hbond substituents is 1. The van der Waals surface area contributed by atoms with Crippen molar-refractivity contribution in [1.29, 1.82) is 0 Å². The Labute approximate surface area is 276 Å². The Kier molecular flexibility index (Phi) is 9.74. The number of carboxylic acid groups (broad SMARTS) is 1. The van der Waals surface area contributed by atoms with Crippen LogP contribution in [0, 0.1) is 0 Å². The first-order valence-electron chi connectivity index (χ1n) is 14.3. The van der Waals surface area contributed by atoms with Gasteiger partial charge >= 0.3 is 11.9 Å². The van der Waals surface area contributed by atoms with E-state index in [1.807, 2.05) is 0 Å². The fraction of sp³-hybridized carbons (Fsp3) is 0.250. The number of aromatic hydroxyl groups is 1. The number of pyridine rings is 1. The largest absolute Gasteiger partial charge is 0.508 e. The number of hydrogen-bond donors (Lipinski definition) is 5. The summed E-state index contributed by atoms with van der Waals surface area (Å²) < 4.78 is 15.5. The molecule has 3 heterocycles. The molecule has 2 aliphatic rings. The number of aromatic nitrogens is 1. The molecule has 2 unspecified atom stereocenters. The molecule has 0 spiro atoms. The summed E-state index contributed by atoms with van der Waals surface area (Å²) in [6.45, 7) is 0.871. The Morgan fingerprint density at radius 3 is 2.35 bits per heavy atom. The summed E-state index contributed by atoms with van der Waals surface area (Å²) in [6.07, 6.45) is 0. The standard InChI is InChI=1S/C32H30N4O11S/c1-15(37)47-13-18-14-48-31-25(30(42)36(31)26(18)32(43)44)35-29(41)24(16-4-7-19(38)8-5-16)34-28(40)20-9-10-21(33-27(20)39)17-6-11-22(45-2)23(12-17)46-3/h4-12,24-25,31,38H,13-14H2,1-3H3,(H,33,39)(H,34,40)(H,35,41)(H,43,44)/t24?,25?,31-/m0/s1. The molecule has 16 heteroatoms. The highest BCUT2D eigenvalue weighted by molar-refractivity contribution is 8.00. The van der Waals surface area contributed by atoms with E-state index >= 15 is 0 Å². The minimum absolute atomic E-state index is 0.104. The number of hydrogen-bond acceptors (Lipinski definition) is 11. The van der Waals surface area contributed by atoms with Gasteiger partial charge in [0.15, 0.2) is 11.5 Å². The van der Waals surface area contributed by atoms with E-state index in [9.17, 15) is 39.0 Å². The maximum atomic E-state index is 13.7. The van der Waals surface area contributed by atoms with Crippen molar-refractivity contribution in [2.45, 2.75) is 24.4 Å². The van der Waals surface area contributed by atoms with Crippen molar-refractivity contribution in [1.82, 2.24) is 20.5 Å². The van der Waals surface area contributed by atoms with Crippen LogP contribution in [0.2, 0.25) is 0 Å². The molecule has 3 amide bonds. The van der Waals surface area contributed by atoms with E-state index in [0.717, 1.165) is 4.90 Å². The van der Waals surface area contributed by atoms with E-state index in [-0.39, 0.29) is 40.5 Å². The third-order valence-electron chi connectivity index (χ3n) is 7.61. The van der Waals surface area contributed by atoms with Gasteiger partial charge in [0.05, 0.1) is 14.2 Å². The summed E-state index contributed by atoms with van der Waals surface area (Å²) in [4.78, 5) is 80.2. The van der Waals surface area contributed by atoms with Gasteiger partial charge in [-0.2, -0.15) is 0 Å². The number of benzene rings is 2. The van der Waals surface area contributed by atoms with Crippen molar-refractivity contribution in [2.24, 2.45) is 0 Å². The lowest BCUT2D eigenvalue weighted by molar-refractivity contribution is -0.151. The smallest absolute Gasteiger partial charge is 0.352 e. The molecule has 1 fully saturated rings. The van der Waals surface area contributed by atoms with Crippen LogP contribution in [0.25, 0.3) is 11.3 Å². The molecule has 48 heavy (non-hydrogen) atoms. The topological polar surface area (TPSA) is 214 Å². The first kappa shape index (κ1) is 33.6. The van der Waals surface area contributed by atoms with Crippen LogP contribution in [-0.2, 0) is 23.9 Å². The van der Waals surface area contributed by atoms with E-state index in [1.165, 1.54) is 69.3 Å². The molecule has 3 atom stereocenters. The van der Waals surface area contributed by atoms with Crippen molar-refractivity contribution < 1.29 is 48.4 Å². The quantitative estimate of drug-likeness (QED) is 0.144. The van der Waals surface area contributed by atoms with Crippen molar-refractivity contribution in [3.8, 4) is 28.5 Å². The number of nitrogens with zero attached hydrogens (tertiary/aromatic N) is 1. The molecule has 0 saturated carbocycles. The second kappa shape index (κ2) is 13.9. The van der Waals surface area contributed by atoms with E-state index in [0.29, 0.717) is 22.8 Å². The SMILES string of the molecule is COc1ccc(-c2ccc(C(=O)NC(C(=O)NC3C(=O)N4C(C(=O)O)=C(COC(C)=O)CS[C@@H]34)c3ccc(O)cc3)c(=O)[nH]2)cc1OC. The van der Waals surface area contributed by atoms with Gasteiger partial charge in [-0.1, -0.05) is 12.1 Å². The lowest BCUT2D eigenvalue weighted by Gasteiger charge is -2.49. The summed E-state index contributed by atoms with van der Waals surface area (Å²) >= 11 is 1.17. The Morgan fingerprint density at radius 1 is 1.02 bits per heavy atom. The first-order chi connectivity index (χ1) is 22.9. The first-order valence-corrected chi connectivity index (χ1v) is 15.4. The van der Waals surface area contributed by atoms with Crippen molar-refractivity contribution >= 4 is 41.4 Å². The molecule has 2 aromatic carbocycles. The van der Waals surface area contributed by atoms with Gasteiger partial charge in [0.1, 0.15) is 41.1 Å². The monoisotopic (exact) mass is 678 g/mol. The van der Waals surface area contributed by atoms with E-state index in [2.05, 4.69) is 15.6 Å². The number of esters is 1. The molecule has 250 valence electrons. The lowest BCUT2D eigenvalue weighted by atomic mass is 10.0. The van der Waals surface area contributed by atoms with Crippen molar-refractivity contribution in [2.75, 3.05) is 26.6 Å². The van der Waals surface area contributed by atoms with Crippen molar-refractivity contribution in [3.05, 3.63) is 87.3 Å². The number of carbonyl (C=O) groups is 5. The molecular formula is C32H30N4O11S. The molecule has 5 N–H and O–H groups in total. The molecule has 3 aromatic rings. The highest BCUT2D eigenvalue weighted by Crippen LogP contribution is 2.40. The van der Waals surface area contributed by atoms with Crippen LogP contribution in [0.5, 0.6) is 17.2 Å². The Balaban J connectivity index is 1.36. The second-order valence-corrected chi connectivity index (χ2v) is 11.7. The Bertz CT molecular complexity index is 1890. The summed E-state index contributed by atoms with van der Waals surface area (Å²) in [5, 5.41) is 23.9. The van der Waals surface area contributed by atoms with Gasteiger partial charge in [-0.3, -0.25) is 28.9 Å². The summed E-state index contributed by atoms with van der Waals surface area (Å²) in [5.74, 6) is -3.51. The number of ether oxygens (including phenoxy) is 3. The fourth-order valence-corrected chi connectivity index (χ4v) is 6.55. The van der Waals surface area contributed by atoms with Crippen LogP contribution in [0.3, 0.4) is 0 Å². The number of rotatable bonds is 11. The molecule has 1 saturated heterocycles. The average Bonchev–Trinajstić information content (AvgIpc) is 3.07. The highest BCUT2D eigenvalue weighted by Gasteiger charge is 2.54. The zero-order valence-electron chi connectivity index (χ0n) is 25.8. The number of aromatic amines is 1. The van der Waals surface area contributed by atoms with Gasteiger partial charge in [0.2, 0.25) is 5.91 Å². The van der Waals surface area contributed by atoms with Crippen LogP contribution in [0.4, 0.5) is 0 Å². The third kappa shape index (κ3) is 6.69. The number of fused-ring (bicyclic) bond motifs is 1. The van der Waals surface area contributed by atoms with Crippen LogP contribution in [0.1, 0.15) is 28.9 Å². The fourth-order valence-electron chi connectivity index (χ4n) is 5.22. The highest BCUT2D eigenvalue weighted by atomic mass is 32.2. The van der Waals surface area contributed by atoms with Gasteiger partial charge in [0, 0.05) is 29.5 Å². The van der Waals surface area contributed by atoms with Crippen LogP contribution in [0.15, 0.2) is 70.7 Å². The minimum Gasteiger partial charge on any atom is -0.508 e. The van der Waals surface area contributed by atoms with E-state index in [4.69, 9.17) is 14.2 Å². The molecule has 1 aromatic heterocycles. The number of carboxylic acids is 1. The molecule has 0 bridgehead atoms. The number of amides is 3. The number of thioether (sulfide) groups is 1. The van der Waals surface area contributed by atoms with Gasteiger partial charge < -0.3 is 40.0 Å². The molecule has 0 aliphatic carbocycles. The van der Waals surface area contributed by atoms with Gasteiger partial charge in [0.25, 0.3) is 17.4 Å². The third-order valence-corrected chi connectivity index (χ3v) is 8.95. The molecule has 5 rings (SSSR count). The maximum Gasteiger partial charge on any atom is 0.352 e. The van der Waals surface area contributed by atoms with E-state index < -0.39 is 52.7 Å². The predicted molar refractivity (Wildman–Crippen MR) is 170 cm³/mol. The zero-order valence-corrected chi connectivity index (χ0v) is 26.6.